The lowest BCUT2D eigenvalue weighted by Crippen LogP contribution is -2.15. The zero-order valence-electron chi connectivity index (χ0n) is 18.3. The van der Waals surface area contributed by atoms with Gasteiger partial charge >= 0.3 is 0 Å². The minimum atomic E-state index is -0.0795. The first-order valence-electron chi connectivity index (χ1n) is 10.9. The molecule has 1 heterocycles. The average molecular weight is 483 g/mol. The first-order valence-corrected chi connectivity index (χ1v) is 12.8. The third-order valence-electron chi connectivity index (χ3n) is 5.22. The molecule has 0 bridgehead atoms. The van der Waals surface area contributed by atoms with Crippen LogP contribution in [0.25, 0.3) is 16.5 Å². The molecule has 168 valence electrons. The number of para-hydroxylation sites is 1. The number of carbonyl (C=O) groups is 1. The van der Waals surface area contributed by atoms with Crippen molar-refractivity contribution in [1.29, 1.82) is 0 Å². The van der Waals surface area contributed by atoms with Crippen molar-refractivity contribution in [3.8, 4) is 5.69 Å². The van der Waals surface area contributed by atoms with E-state index in [0.29, 0.717) is 10.9 Å². The summed E-state index contributed by atoms with van der Waals surface area (Å²) in [6, 6.07) is 34.2. The smallest absolute Gasteiger partial charge is 0.234 e. The standard InChI is InChI=1S/C27H22N4OS2/c32-26(28-24-17-9-11-20-10-7-8-16-23(20)24)19-34-27-30-29-25(18-33-22-14-5-2-6-15-22)31(27)21-12-3-1-4-13-21/h1-17H,18-19H2,(H,28,32). The molecule has 34 heavy (non-hydrogen) atoms. The van der Waals surface area contributed by atoms with Crippen LogP contribution in [0.15, 0.2) is 113 Å². The number of carbonyl (C=O) groups excluding carboxylic acids is 1. The molecule has 1 N–H and O–H groups in total. The normalized spacial score (nSPS) is 10.9. The van der Waals surface area contributed by atoms with Gasteiger partial charge in [-0.05, 0) is 35.7 Å². The van der Waals surface area contributed by atoms with Crippen molar-refractivity contribution in [3.05, 3.63) is 109 Å². The van der Waals surface area contributed by atoms with Gasteiger partial charge in [-0.1, -0.05) is 84.6 Å². The van der Waals surface area contributed by atoms with Crippen LogP contribution in [0.2, 0.25) is 0 Å². The van der Waals surface area contributed by atoms with Crippen molar-refractivity contribution in [1.82, 2.24) is 14.8 Å². The molecule has 0 saturated heterocycles. The Balaban J connectivity index is 1.33. The van der Waals surface area contributed by atoms with Gasteiger partial charge in [0.1, 0.15) is 5.82 Å². The number of nitrogens with one attached hydrogen (secondary N) is 1. The van der Waals surface area contributed by atoms with Crippen LogP contribution in [0.3, 0.4) is 0 Å². The third-order valence-corrected chi connectivity index (χ3v) is 7.16. The topological polar surface area (TPSA) is 59.8 Å². The number of nitrogens with zero attached hydrogens (tertiary/aromatic N) is 3. The van der Waals surface area contributed by atoms with Crippen LogP contribution in [0, 0.1) is 0 Å². The molecular weight excluding hydrogens is 460 g/mol. The molecule has 0 aliphatic carbocycles. The Labute approximate surface area is 206 Å². The van der Waals surface area contributed by atoms with Crippen molar-refractivity contribution in [2.75, 3.05) is 11.1 Å². The molecular formula is C27H22N4OS2. The molecule has 0 radical (unpaired) electrons. The van der Waals surface area contributed by atoms with Crippen LogP contribution in [0.4, 0.5) is 5.69 Å². The Morgan fingerprint density at radius 2 is 1.47 bits per heavy atom. The van der Waals surface area contributed by atoms with Crippen molar-refractivity contribution >= 4 is 45.9 Å². The largest absolute Gasteiger partial charge is 0.325 e. The number of thioether (sulfide) groups is 2. The average Bonchev–Trinajstić information content (AvgIpc) is 3.30. The molecule has 7 heteroatoms. The van der Waals surface area contributed by atoms with Gasteiger partial charge in [0, 0.05) is 21.7 Å². The highest BCUT2D eigenvalue weighted by Crippen LogP contribution is 2.28. The molecule has 0 atom stereocenters. The number of amides is 1. The predicted molar refractivity (Wildman–Crippen MR) is 141 cm³/mol. The Morgan fingerprint density at radius 1 is 0.765 bits per heavy atom. The Morgan fingerprint density at radius 3 is 2.29 bits per heavy atom. The van der Waals surface area contributed by atoms with Crippen molar-refractivity contribution < 1.29 is 4.79 Å². The summed E-state index contributed by atoms with van der Waals surface area (Å²) in [5.41, 5.74) is 1.79. The SMILES string of the molecule is O=C(CSc1nnc(CSc2ccccc2)n1-c1ccccc1)Nc1cccc2ccccc12. The third kappa shape index (κ3) is 5.16. The summed E-state index contributed by atoms with van der Waals surface area (Å²) in [5.74, 6) is 1.68. The van der Waals surface area contributed by atoms with Gasteiger partial charge in [0.15, 0.2) is 5.16 Å². The van der Waals surface area contributed by atoms with Crippen LogP contribution in [-0.4, -0.2) is 26.4 Å². The molecule has 0 aliphatic rings. The summed E-state index contributed by atoms with van der Waals surface area (Å²) in [4.78, 5) is 14.0. The van der Waals surface area contributed by atoms with Crippen molar-refractivity contribution in [2.45, 2.75) is 15.8 Å². The lowest BCUT2D eigenvalue weighted by atomic mass is 10.1. The predicted octanol–water partition coefficient (Wildman–Crippen LogP) is 6.44. The minimum Gasteiger partial charge on any atom is -0.325 e. The highest BCUT2D eigenvalue weighted by atomic mass is 32.2. The molecule has 1 amide bonds. The number of rotatable bonds is 8. The number of hydrogen-bond acceptors (Lipinski definition) is 5. The number of hydrogen-bond donors (Lipinski definition) is 1. The summed E-state index contributed by atoms with van der Waals surface area (Å²) in [6.45, 7) is 0. The Bertz CT molecular complexity index is 1400. The van der Waals surface area contributed by atoms with E-state index < -0.39 is 0 Å². The first kappa shape index (κ1) is 22.3. The van der Waals surface area contributed by atoms with Gasteiger partial charge in [-0.3, -0.25) is 9.36 Å². The van der Waals surface area contributed by atoms with Crippen LogP contribution in [-0.2, 0) is 10.5 Å². The first-order chi connectivity index (χ1) is 16.8. The zero-order valence-corrected chi connectivity index (χ0v) is 19.9. The van der Waals surface area contributed by atoms with Crippen LogP contribution >= 0.6 is 23.5 Å². The highest BCUT2D eigenvalue weighted by Gasteiger charge is 2.16. The Kier molecular flexibility index (Phi) is 6.93. The van der Waals surface area contributed by atoms with Gasteiger partial charge in [0.05, 0.1) is 11.5 Å². The number of anilines is 1. The maximum absolute atomic E-state index is 12.8. The summed E-state index contributed by atoms with van der Waals surface area (Å²) in [6.07, 6.45) is 0. The molecule has 0 unspecified atom stereocenters. The van der Waals surface area contributed by atoms with E-state index in [0.717, 1.165) is 28.0 Å². The lowest BCUT2D eigenvalue weighted by Gasteiger charge is -2.11. The van der Waals surface area contributed by atoms with Gasteiger partial charge in [0.25, 0.3) is 0 Å². The zero-order chi connectivity index (χ0) is 23.2. The van der Waals surface area contributed by atoms with E-state index in [1.807, 2.05) is 95.6 Å². The van der Waals surface area contributed by atoms with E-state index >= 15 is 0 Å². The molecule has 0 fully saturated rings. The quantitative estimate of drug-likeness (QED) is 0.258. The lowest BCUT2D eigenvalue weighted by molar-refractivity contribution is -0.113. The van der Waals surface area contributed by atoms with E-state index in [1.54, 1.807) is 11.8 Å². The van der Waals surface area contributed by atoms with Gasteiger partial charge < -0.3 is 5.32 Å². The summed E-state index contributed by atoms with van der Waals surface area (Å²) < 4.78 is 2.03. The second-order valence-corrected chi connectivity index (χ2v) is 9.53. The summed E-state index contributed by atoms with van der Waals surface area (Å²) in [5, 5.41) is 14.7. The van der Waals surface area contributed by atoms with E-state index in [4.69, 9.17) is 0 Å². The molecule has 0 saturated carbocycles. The van der Waals surface area contributed by atoms with Gasteiger partial charge in [-0.2, -0.15) is 0 Å². The maximum atomic E-state index is 12.8. The second-order valence-electron chi connectivity index (χ2n) is 7.54. The van der Waals surface area contributed by atoms with Gasteiger partial charge in [0.2, 0.25) is 5.91 Å². The molecule has 5 rings (SSSR count). The maximum Gasteiger partial charge on any atom is 0.234 e. The molecule has 1 aromatic heterocycles. The van der Waals surface area contributed by atoms with Gasteiger partial charge in [-0.15, -0.1) is 22.0 Å². The van der Waals surface area contributed by atoms with E-state index in [9.17, 15) is 4.79 Å². The van der Waals surface area contributed by atoms with E-state index in [2.05, 4.69) is 27.6 Å². The number of aromatic nitrogens is 3. The van der Waals surface area contributed by atoms with E-state index in [-0.39, 0.29) is 11.7 Å². The van der Waals surface area contributed by atoms with Crippen LogP contribution in [0.1, 0.15) is 5.82 Å². The van der Waals surface area contributed by atoms with Crippen molar-refractivity contribution in [2.24, 2.45) is 0 Å². The highest BCUT2D eigenvalue weighted by molar-refractivity contribution is 7.99. The fraction of sp³-hybridized carbons (Fsp3) is 0.0741. The fourth-order valence-corrected chi connectivity index (χ4v) is 5.24. The number of fused-ring (bicyclic) bond motifs is 1. The second kappa shape index (κ2) is 10.6. The number of benzene rings is 4. The van der Waals surface area contributed by atoms with E-state index in [1.165, 1.54) is 16.7 Å². The molecule has 5 nitrogen and oxygen atoms in total. The molecule has 0 spiro atoms. The Hall–Kier alpha value is -3.55. The minimum absolute atomic E-state index is 0.0795. The summed E-state index contributed by atoms with van der Waals surface area (Å²) >= 11 is 3.10. The van der Waals surface area contributed by atoms with Crippen LogP contribution < -0.4 is 5.32 Å². The van der Waals surface area contributed by atoms with Crippen molar-refractivity contribution in [3.63, 3.8) is 0 Å². The monoisotopic (exact) mass is 482 g/mol. The molecule has 0 aliphatic heterocycles. The fourth-order valence-electron chi connectivity index (χ4n) is 3.64. The molecule has 4 aromatic carbocycles. The van der Waals surface area contributed by atoms with Crippen LogP contribution in [0.5, 0.6) is 0 Å². The summed E-state index contributed by atoms with van der Waals surface area (Å²) in [7, 11) is 0. The van der Waals surface area contributed by atoms with Gasteiger partial charge in [-0.25, -0.2) is 0 Å². The molecule has 5 aromatic rings.